The maximum absolute atomic E-state index is 12.6. The summed E-state index contributed by atoms with van der Waals surface area (Å²) in [6.07, 6.45) is 4.77. The molecular formula is C24H26N2O4. The molecule has 6 nitrogen and oxygen atoms in total. The van der Waals surface area contributed by atoms with Crippen LogP contribution in [0.15, 0.2) is 54.6 Å². The fourth-order valence-electron chi connectivity index (χ4n) is 3.80. The highest BCUT2D eigenvalue weighted by Gasteiger charge is 2.26. The number of rotatable bonds is 5. The van der Waals surface area contributed by atoms with E-state index in [1.54, 1.807) is 6.08 Å². The topological polar surface area (TPSA) is 67.9 Å². The number of nitrogens with one attached hydrogen (secondary N) is 1. The van der Waals surface area contributed by atoms with Gasteiger partial charge in [0, 0.05) is 37.2 Å². The van der Waals surface area contributed by atoms with Crippen LogP contribution < -0.4 is 14.8 Å². The van der Waals surface area contributed by atoms with Crippen LogP contribution in [0.3, 0.4) is 0 Å². The highest BCUT2D eigenvalue weighted by atomic mass is 16.6. The summed E-state index contributed by atoms with van der Waals surface area (Å²) in [5, 5.41) is 3.02. The molecule has 2 heterocycles. The second kappa shape index (κ2) is 9.48. The van der Waals surface area contributed by atoms with Crippen molar-refractivity contribution in [2.75, 3.05) is 26.3 Å². The van der Waals surface area contributed by atoms with E-state index >= 15 is 0 Å². The number of amides is 2. The lowest BCUT2D eigenvalue weighted by Gasteiger charge is -2.30. The van der Waals surface area contributed by atoms with Gasteiger partial charge in [0.2, 0.25) is 11.8 Å². The van der Waals surface area contributed by atoms with Gasteiger partial charge >= 0.3 is 0 Å². The van der Waals surface area contributed by atoms with Crippen LogP contribution in [0.5, 0.6) is 11.5 Å². The number of hydrogen-bond donors (Lipinski definition) is 1. The van der Waals surface area contributed by atoms with Crippen LogP contribution in [0.25, 0.3) is 6.08 Å². The van der Waals surface area contributed by atoms with E-state index in [1.807, 2.05) is 59.5 Å². The van der Waals surface area contributed by atoms with Crippen LogP contribution in [0.1, 0.15) is 24.0 Å². The molecule has 2 aliphatic heterocycles. The van der Waals surface area contributed by atoms with Crippen molar-refractivity contribution in [2.24, 2.45) is 5.92 Å². The third-order valence-electron chi connectivity index (χ3n) is 5.50. The second-order valence-electron chi connectivity index (χ2n) is 7.50. The van der Waals surface area contributed by atoms with Crippen LogP contribution in [-0.2, 0) is 16.1 Å². The van der Waals surface area contributed by atoms with Gasteiger partial charge in [-0.1, -0.05) is 42.5 Å². The van der Waals surface area contributed by atoms with E-state index in [0.717, 1.165) is 22.6 Å². The molecule has 1 saturated heterocycles. The third-order valence-corrected chi connectivity index (χ3v) is 5.50. The highest BCUT2D eigenvalue weighted by molar-refractivity contribution is 5.92. The Morgan fingerprint density at radius 2 is 1.77 bits per heavy atom. The predicted molar refractivity (Wildman–Crippen MR) is 114 cm³/mol. The van der Waals surface area contributed by atoms with E-state index in [0.29, 0.717) is 45.7 Å². The smallest absolute Gasteiger partial charge is 0.246 e. The molecule has 30 heavy (non-hydrogen) atoms. The lowest BCUT2D eigenvalue weighted by atomic mass is 9.95. The van der Waals surface area contributed by atoms with Crippen molar-refractivity contribution < 1.29 is 19.1 Å². The Bertz CT molecular complexity index is 918. The number of ether oxygens (including phenoxy) is 2. The van der Waals surface area contributed by atoms with Gasteiger partial charge in [-0.05, 0) is 30.5 Å². The molecule has 2 amide bonds. The molecule has 6 heteroatoms. The third kappa shape index (κ3) is 4.82. The zero-order valence-electron chi connectivity index (χ0n) is 16.9. The molecule has 2 aromatic carbocycles. The Hall–Kier alpha value is -3.28. The summed E-state index contributed by atoms with van der Waals surface area (Å²) < 4.78 is 11.3. The molecule has 2 aliphatic rings. The predicted octanol–water partition coefficient (Wildman–Crippen LogP) is 3.03. The largest absolute Gasteiger partial charge is 0.486 e. The average Bonchev–Trinajstić information content (AvgIpc) is 2.81. The monoisotopic (exact) mass is 406 g/mol. The molecule has 0 saturated carbocycles. The maximum atomic E-state index is 12.6. The van der Waals surface area contributed by atoms with Gasteiger partial charge in [0.25, 0.3) is 0 Å². The lowest BCUT2D eigenvalue weighted by Crippen LogP contribution is -2.42. The zero-order valence-corrected chi connectivity index (χ0v) is 16.9. The van der Waals surface area contributed by atoms with Gasteiger partial charge in [-0.3, -0.25) is 9.59 Å². The minimum Gasteiger partial charge on any atom is -0.486 e. The Kier molecular flexibility index (Phi) is 6.32. The van der Waals surface area contributed by atoms with E-state index in [-0.39, 0.29) is 17.7 Å². The molecule has 4 rings (SSSR count). The van der Waals surface area contributed by atoms with Crippen molar-refractivity contribution in [2.45, 2.75) is 19.4 Å². The summed E-state index contributed by atoms with van der Waals surface area (Å²) in [4.78, 5) is 26.8. The van der Waals surface area contributed by atoms with Crippen molar-refractivity contribution in [1.29, 1.82) is 0 Å². The van der Waals surface area contributed by atoms with E-state index in [2.05, 4.69) is 5.32 Å². The van der Waals surface area contributed by atoms with Gasteiger partial charge in [0.05, 0.1) is 0 Å². The zero-order chi connectivity index (χ0) is 20.8. The van der Waals surface area contributed by atoms with Crippen molar-refractivity contribution in [3.8, 4) is 11.5 Å². The minimum absolute atomic E-state index is 0.00854. The number of hydrogen-bond acceptors (Lipinski definition) is 4. The number of piperidine rings is 1. The van der Waals surface area contributed by atoms with Gasteiger partial charge < -0.3 is 19.7 Å². The molecule has 0 aliphatic carbocycles. The Morgan fingerprint density at radius 1 is 1.00 bits per heavy atom. The first-order chi connectivity index (χ1) is 14.7. The number of fused-ring (bicyclic) bond motifs is 1. The Balaban J connectivity index is 1.26. The molecule has 0 radical (unpaired) electrons. The first-order valence-electron chi connectivity index (χ1n) is 10.4. The van der Waals surface area contributed by atoms with Crippen molar-refractivity contribution in [3.05, 3.63) is 65.7 Å². The van der Waals surface area contributed by atoms with Gasteiger partial charge in [0.1, 0.15) is 13.2 Å². The molecule has 156 valence electrons. The number of para-hydroxylation sites is 1. The normalized spacial score (nSPS) is 16.5. The summed E-state index contributed by atoms with van der Waals surface area (Å²) >= 11 is 0. The Morgan fingerprint density at radius 3 is 2.57 bits per heavy atom. The first kappa shape index (κ1) is 20.0. The Labute approximate surface area is 176 Å². The molecule has 0 spiro atoms. The maximum Gasteiger partial charge on any atom is 0.246 e. The van der Waals surface area contributed by atoms with Crippen molar-refractivity contribution >= 4 is 17.9 Å². The minimum atomic E-state index is -0.0798. The quantitative estimate of drug-likeness (QED) is 0.775. The SMILES string of the molecule is O=C(NCc1cccc2c1OCCO2)C1CCN(C(=O)/C=C/c2ccccc2)CC1. The molecule has 0 aromatic heterocycles. The standard InChI is InChI=1S/C24H26N2O4/c27-22(10-9-18-5-2-1-3-6-18)26-13-11-19(12-14-26)24(28)25-17-20-7-4-8-21-23(20)30-16-15-29-21/h1-10,19H,11-17H2,(H,25,28)/b10-9+. The summed E-state index contributed by atoms with van der Waals surface area (Å²) in [5.74, 6) is 1.38. The summed E-state index contributed by atoms with van der Waals surface area (Å²) in [6.45, 7) is 2.65. The van der Waals surface area contributed by atoms with Crippen molar-refractivity contribution in [3.63, 3.8) is 0 Å². The molecule has 2 aromatic rings. The van der Waals surface area contributed by atoms with Gasteiger partial charge in [-0.25, -0.2) is 0 Å². The average molecular weight is 406 g/mol. The van der Waals surface area contributed by atoms with Crippen molar-refractivity contribution in [1.82, 2.24) is 10.2 Å². The number of carbonyl (C=O) groups excluding carboxylic acids is 2. The highest BCUT2D eigenvalue weighted by Crippen LogP contribution is 2.33. The second-order valence-corrected chi connectivity index (χ2v) is 7.50. The molecule has 0 bridgehead atoms. The molecule has 0 atom stereocenters. The van der Waals surface area contributed by atoms with Gasteiger partial charge in [-0.2, -0.15) is 0 Å². The molecule has 1 N–H and O–H groups in total. The number of nitrogens with zero attached hydrogens (tertiary/aromatic N) is 1. The first-order valence-corrected chi connectivity index (χ1v) is 10.4. The molecular weight excluding hydrogens is 380 g/mol. The van der Waals surface area contributed by atoms with E-state index in [9.17, 15) is 9.59 Å². The van der Waals surface area contributed by atoms with E-state index in [1.165, 1.54) is 0 Å². The fourth-order valence-corrected chi connectivity index (χ4v) is 3.80. The molecule has 0 unspecified atom stereocenters. The number of likely N-dealkylation sites (tertiary alicyclic amines) is 1. The number of carbonyl (C=O) groups is 2. The lowest BCUT2D eigenvalue weighted by molar-refractivity contribution is -0.132. The van der Waals surface area contributed by atoms with Crippen LogP contribution in [0.4, 0.5) is 0 Å². The summed E-state index contributed by atoms with van der Waals surface area (Å²) in [5.41, 5.74) is 1.91. The summed E-state index contributed by atoms with van der Waals surface area (Å²) in [7, 11) is 0. The van der Waals surface area contributed by atoms with E-state index in [4.69, 9.17) is 9.47 Å². The fraction of sp³-hybridized carbons (Fsp3) is 0.333. The number of benzene rings is 2. The van der Waals surface area contributed by atoms with Crippen LogP contribution >= 0.6 is 0 Å². The van der Waals surface area contributed by atoms with Gasteiger partial charge in [0.15, 0.2) is 11.5 Å². The van der Waals surface area contributed by atoms with Crippen LogP contribution in [0.2, 0.25) is 0 Å². The van der Waals surface area contributed by atoms with Gasteiger partial charge in [-0.15, -0.1) is 0 Å². The van der Waals surface area contributed by atoms with E-state index < -0.39 is 0 Å². The van der Waals surface area contributed by atoms with Crippen LogP contribution in [0, 0.1) is 5.92 Å². The molecule has 1 fully saturated rings. The summed E-state index contributed by atoms with van der Waals surface area (Å²) in [6, 6.07) is 15.5. The van der Waals surface area contributed by atoms with Crippen LogP contribution in [-0.4, -0.2) is 43.0 Å².